The molecule has 2 heterocycles. The van der Waals surface area contributed by atoms with Gasteiger partial charge in [-0.15, -0.1) is 0 Å². The van der Waals surface area contributed by atoms with Crippen LogP contribution in [-0.2, 0) is 0 Å². The minimum Gasteiger partial charge on any atom is -0.306 e. The highest BCUT2D eigenvalue weighted by Gasteiger charge is 2.25. The van der Waals surface area contributed by atoms with E-state index in [4.69, 9.17) is 0 Å². The van der Waals surface area contributed by atoms with Crippen LogP contribution >= 0.6 is 0 Å². The van der Waals surface area contributed by atoms with Crippen LogP contribution in [0.1, 0.15) is 34.2 Å². The Morgan fingerprint density at radius 2 is 1.77 bits per heavy atom. The molecule has 0 unspecified atom stereocenters. The molecule has 2 N–H and O–H groups in total. The van der Waals surface area contributed by atoms with Gasteiger partial charge < -0.3 is 5.43 Å². The summed E-state index contributed by atoms with van der Waals surface area (Å²) in [5.41, 5.74) is 12.3. The molecule has 1 aliphatic rings. The van der Waals surface area contributed by atoms with Crippen molar-refractivity contribution >= 4 is 17.2 Å². The Labute approximate surface area is 130 Å². The first-order valence-corrected chi connectivity index (χ1v) is 7.26. The van der Waals surface area contributed by atoms with E-state index in [-0.39, 0.29) is 5.91 Å². The molecule has 0 saturated heterocycles. The van der Waals surface area contributed by atoms with Crippen molar-refractivity contribution in [2.45, 2.75) is 20.8 Å². The number of hydrogen-bond donors (Lipinski definition) is 2. The number of allylic oxidation sites excluding steroid dienone is 1. The molecule has 0 aliphatic carbocycles. The van der Waals surface area contributed by atoms with Crippen molar-refractivity contribution in [2.24, 2.45) is 0 Å². The lowest BCUT2D eigenvalue weighted by atomic mass is 10.1. The van der Waals surface area contributed by atoms with Crippen molar-refractivity contribution in [2.75, 3.05) is 17.5 Å². The lowest BCUT2D eigenvalue weighted by molar-refractivity contribution is 0.101. The Morgan fingerprint density at radius 3 is 2.41 bits per heavy atom. The van der Waals surface area contributed by atoms with E-state index in [1.165, 1.54) is 0 Å². The normalized spacial score (nSPS) is 13.3. The Kier molecular flexibility index (Phi) is 3.41. The molecule has 1 aromatic carbocycles. The number of carbonyl (C=O) groups is 1. The molecule has 1 aromatic heterocycles. The molecule has 0 bridgehead atoms. The molecule has 114 valence electrons. The highest BCUT2D eigenvalue weighted by atomic mass is 16.2. The van der Waals surface area contributed by atoms with Crippen LogP contribution in [0.3, 0.4) is 0 Å². The average Bonchev–Trinajstić information content (AvgIpc) is 2.77. The number of carbonyl (C=O) groups excluding carboxylic acids is 1. The summed E-state index contributed by atoms with van der Waals surface area (Å²) in [5, 5.41) is 1.97. The van der Waals surface area contributed by atoms with Crippen LogP contribution in [0, 0.1) is 13.8 Å². The third-order valence-electron chi connectivity index (χ3n) is 4.07. The third-order valence-corrected chi connectivity index (χ3v) is 4.07. The number of fused-ring (bicyclic) bond motifs is 1. The highest BCUT2D eigenvalue weighted by molar-refractivity contribution is 6.00. The summed E-state index contributed by atoms with van der Waals surface area (Å²) in [6, 6.07) is 9.24. The molecule has 0 atom stereocenters. The predicted octanol–water partition coefficient (Wildman–Crippen LogP) is 2.80. The van der Waals surface area contributed by atoms with Gasteiger partial charge in [-0.1, -0.05) is 18.2 Å². The molecule has 3 rings (SSSR count). The fourth-order valence-corrected chi connectivity index (χ4v) is 2.96. The monoisotopic (exact) mass is 296 g/mol. The van der Waals surface area contributed by atoms with E-state index in [2.05, 4.69) is 17.8 Å². The van der Waals surface area contributed by atoms with Crippen molar-refractivity contribution < 1.29 is 4.79 Å². The van der Waals surface area contributed by atoms with Crippen LogP contribution in [0.25, 0.3) is 5.57 Å². The zero-order chi connectivity index (χ0) is 15.9. The van der Waals surface area contributed by atoms with Gasteiger partial charge in [-0.3, -0.25) is 19.9 Å². The van der Waals surface area contributed by atoms with E-state index in [9.17, 15) is 4.79 Å². The zero-order valence-corrected chi connectivity index (χ0v) is 13.3. The Morgan fingerprint density at radius 1 is 1.09 bits per heavy atom. The first kappa shape index (κ1) is 14.3. The lowest BCUT2D eigenvalue weighted by Gasteiger charge is -2.25. The van der Waals surface area contributed by atoms with E-state index in [1.807, 2.05) is 67.1 Å². The summed E-state index contributed by atoms with van der Waals surface area (Å²) >= 11 is 0. The molecule has 0 spiro atoms. The van der Waals surface area contributed by atoms with Gasteiger partial charge in [0.15, 0.2) is 0 Å². The van der Waals surface area contributed by atoms with Gasteiger partial charge in [-0.25, -0.2) is 0 Å². The number of amides is 1. The minimum atomic E-state index is -0.114. The minimum absolute atomic E-state index is 0.114. The van der Waals surface area contributed by atoms with E-state index in [0.29, 0.717) is 5.56 Å². The van der Waals surface area contributed by atoms with Crippen LogP contribution in [0.5, 0.6) is 0 Å². The van der Waals surface area contributed by atoms with Crippen LogP contribution < -0.4 is 15.9 Å². The largest absolute Gasteiger partial charge is 0.306 e. The number of nitrogens with zero attached hydrogens (tertiary/aromatic N) is 2. The van der Waals surface area contributed by atoms with Crippen molar-refractivity contribution in [3.05, 3.63) is 59.0 Å². The molecule has 2 aromatic rings. The van der Waals surface area contributed by atoms with Crippen molar-refractivity contribution in [1.82, 2.24) is 10.1 Å². The number of nitrogens with one attached hydrogen (secondary N) is 2. The van der Waals surface area contributed by atoms with Gasteiger partial charge in [0.05, 0.1) is 11.4 Å². The molecule has 0 radical (unpaired) electrons. The maximum absolute atomic E-state index is 12.4. The van der Waals surface area contributed by atoms with Crippen LogP contribution in [-0.4, -0.2) is 17.6 Å². The molecule has 5 heteroatoms. The second-order valence-corrected chi connectivity index (χ2v) is 5.55. The summed E-state index contributed by atoms with van der Waals surface area (Å²) in [4.78, 5) is 12.4. The van der Waals surface area contributed by atoms with E-state index in [0.717, 1.165) is 28.2 Å². The highest BCUT2D eigenvalue weighted by Crippen LogP contribution is 2.36. The van der Waals surface area contributed by atoms with Gasteiger partial charge in [0.2, 0.25) is 0 Å². The second kappa shape index (κ2) is 5.26. The second-order valence-electron chi connectivity index (χ2n) is 5.55. The molecule has 0 saturated carbocycles. The third kappa shape index (κ3) is 2.15. The number of rotatable bonds is 2. The van der Waals surface area contributed by atoms with Crippen molar-refractivity contribution in [3.8, 4) is 0 Å². The van der Waals surface area contributed by atoms with Gasteiger partial charge >= 0.3 is 0 Å². The Bertz CT molecular complexity index is 759. The summed E-state index contributed by atoms with van der Waals surface area (Å²) in [7, 11) is 1.97. The van der Waals surface area contributed by atoms with Gasteiger partial charge in [-0.2, -0.15) is 0 Å². The van der Waals surface area contributed by atoms with Gasteiger partial charge in [0.25, 0.3) is 5.91 Å². The zero-order valence-electron chi connectivity index (χ0n) is 13.3. The summed E-state index contributed by atoms with van der Waals surface area (Å²) < 4.78 is 1.86. The van der Waals surface area contributed by atoms with Crippen molar-refractivity contribution in [3.63, 3.8) is 0 Å². The first-order chi connectivity index (χ1) is 10.5. The quantitative estimate of drug-likeness (QED) is 0.896. The number of hydrazine groups is 1. The van der Waals surface area contributed by atoms with E-state index < -0.39 is 0 Å². The molecular formula is C17H20N4O. The molecule has 1 amide bonds. The van der Waals surface area contributed by atoms with Crippen LogP contribution in [0.4, 0.5) is 5.69 Å². The SMILES string of the molecule is CC1=CNN(C)c2c1c(C)n(NC(=O)c1ccccc1)c2C. The Balaban J connectivity index is 2.01. The Hall–Kier alpha value is -2.69. The average molecular weight is 296 g/mol. The van der Waals surface area contributed by atoms with E-state index >= 15 is 0 Å². The van der Waals surface area contributed by atoms with Crippen molar-refractivity contribution in [1.29, 1.82) is 0 Å². The fourth-order valence-electron chi connectivity index (χ4n) is 2.96. The number of aromatic nitrogens is 1. The molecule has 5 nitrogen and oxygen atoms in total. The summed E-state index contributed by atoms with van der Waals surface area (Å²) in [6.45, 7) is 6.09. The van der Waals surface area contributed by atoms with Gasteiger partial charge in [-0.05, 0) is 38.5 Å². The van der Waals surface area contributed by atoms with Crippen LogP contribution in [0.2, 0.25) is 0 Å². The smallest absolute Gasteiger partial charge is 0.270 e. The lowest BCUT2D eigenvalue weighted by Crippen LogP contribution is -2.33. The van der Waals surface area contributed by atoms with Crippen LogP contribution in [0.15, 0.2) is 36.5 Å². The van der Waals surface area contributed by atoms with Gasteiger partial charge in [0.1, 0.15) is 0 Å². The maximum Gasteiger partial charge on any atom is 0.270 e. The number of hydrogen-bond acceptors (Lipinski definition) is 3. The number of benzene rings is 1. The van der Waals surface area contributed by atoms with Gasteiger partial charge in [0, 0.05) is 30.1 Å². The molecule has 0 fully saturated rings. The topological polar surface area (TPSA) is 49.3 Å². The fraction of sp³-hybridized carbons (Fsp3) is 0.235. The standard InChI is InChI=1S/C17H20N4O/c1-11-10-18-20(4)16-13(3)21(12(2)15(11)16)19-17(22)14-8-6-5-7-9-14/h5-10,18H,1-4H3,(H,19,22). The molecule has 22 heavy (non-hydrogen) atoms. The molecule has 1 aliphatic heterocycles. The maximum atomic E-state index is 12.4. The summed E-state index contributed by atoms with van der Waals surface area (Å²) in [6.07, 6.45) is 1.97. The molecular weight excluding hydrogens is 276 g/mol. The first-order valence-electron chi connectivity index (χ1n) is 7.26. The van der Waals surface area contributed by atoms with E-state index in [1.54, 1.807) is 0 Å². The number of anilines is 1. The summed E-state index contributed by atoms with van der Waals surface area (Å²) in [5.74, 6) is -0.114. The predicted molar refractivity (Wildman–Crippen MR) is 89.2 cm³/mol.